The van der Waals surface area contributed by atoms with Crippen molar-refractivity contribution in [2.24, 2.45) is 0 Å². The van der Waals surface area contributed by atoms with Gasteiger partial charge in [-0.3, -0.25) is 0 Å². The second-order valence-electron chi connectivity index (χ2n) is 5.58. The summed E-state index contributed by atoms with van der Waals surface area (Å²) in [6, 6.07) is 4.31. The van der Waals surface area contributed by atoms with Crippen LogP contribution in [0.15, 0.2) is 24.5 Å². The van der Waals surface area contributed by atoms with Crippen molar-refractivity contribution >= 4 is 15.8 Å². The molecule has 0 atom stereocenters. The van der Waals surface area contributed by atoms with Crippen LogP contribution in [0.2, 0.25) is 0 Å². The van der Waals surface area contributed by atoms with Crippen LogP contribution in [0.25, 0.3) is 0 Å². The molecule has 0 saturated heterocycles. The van der Waals surface area contributed by atoms with Gasteiger partial charge in [-0.15, -0.1) is 0 Å². The van der Waals surface area contributed by atoms with Gasteiger partial charge in [-0.25, -0.2) is 8.42 Å². The van der Waals surface area contributed by atoms with Crippen molar-refractivity contribution in [3.8, 4) is 0 Å². The van der Waals surface area contributed by atoms with Crippen LogP contribution in [-0.2, 0) is 10.1 Å². The van der Waals surface area contributed by atoms with Crippen LogP contribution in [0.3, 0.4) is 0 Å². The zero-order valence-corrected chi connectivity index (χ0v) is 13.5. The smallest absolute Gasteiger partial charge is 0.0946 e. The summed E-state index contributed by atoms with van der Waals surface area (Å²) >= 11 is 0. The van der Waals surface area contributed by atoms with Crippen LogP contribution in [0, 0.1) is 20.8 Å². The van der Waals surface area contributed by atoms with Gasteiger partial charge in [0.25, 0.3) is 0 Å². The highest BCUT2D eigenvalue weighted by Crippen LogP contribution is 2.28. The van der Waals surface area contributed by atoms with E-state index >= 15 is 0 Å². The summed E-state index contributed by atoms with van der Waals surface area (Å²) in [5, 5.41) is 0. The molecule has 0 amide bonds. The van der Waals surface area contributed by atoms with Crippen molar-refractivity contribution in [2.75, 3.05) is 23.9 Å². The lowest BCUT2D eigenvalue weighted by atomic mass is 10.0. The van der Waals surface area contributed by atoms with E-state index in [4.69, 9.17) is 0 Å². The Labute approximate surface area is 126 Å². The summed E-state index contributed by atoms with van der Waals surface area (Å²) in [5.41, 5.74) is 4.88. The standard InChI is InChI=1S/C15H22N2O3S/c1-12-9-13(2)15(14(3)10-12)17-7-6-16(11-17)5-4-8-21(18,19)20/h6-7,9-10H,4-5,8,11H2,1-3H3,(H,18,19,20)/p-1. The highest BCUT2D eigenvalue weighted by molar-refractivity contribution is 7.85. The van der Waals surface area contributed by atoms with Gasteiger partial charge in [-0.1, -0.05) is 17.7 Å². The normalized spacial score (nSPS) is 15.0. The van der Waals surface area contributed by atoms with E-state index in [0.717, 1.165) is 0 Å². The van der Waals surface area contributed by atoms with E-state index in [1.807, 2.05) is 17.3 Å². The van der Waals surface area contributed by atoms with Gasteiger partial charge in [-0.2, -0.15) is 0 Å². The van der Waals surface area contributed by atoms with Gasteiger partial charge in [-0.05, 0) is 38.3 Å². The number of hydrogen-bond donors (Lipinski definition) is 0. The average molecular weight is 309 g/mol. The molecule has 0 unspecified atom stereocenters. The van der Waals surface area contributed by atoms with Crippen molar-refractivity contribution in [1.29, 1.82) is 0 Å². The van der Waals surface area contributed by atoms with Gasteiger partial charge in [0, 0.05) is 30.4 Å². The minimum Gasteiger partial charge on any atom is -0.748 e. The lowest BCUT2D eigenvalue weighted by molar-refractivity contribution is 0.399. The number of rotatable bonds is 5. The maximum Gasteiger partial charge on any atom is 0.0946 e. The molecule has 2 rings (SSSR count). The topological polar surface area (TPSA) is 63.7 Å². The Balaban J connectivity index is 1.99. The third-order valence-electron chi connectivity index (χ3n) is 3.55. The number of aryl methyl sites for hydroxylation is 3. The molecular weight excluding hydrogens is 288 g/mol. The summed E-state index contributed by atoms with van der Waals surface area (Å²) in [4.78, 5) is 4.17. The van der Waals surface area contributed by atoms with Crippen LogP contribution in [0.4, 0.5) is 5.69 Å². The molecule has 0 radical (unpaired) electrons. The van der Waals surface area contributed by atoms with Gasteiger partial charge in [0.05, 0.1) is 16.8 Å². The summed E-state index contributed by atoms with van der Waals surface area (Å²) in [6.07, 6.45) is 4.29. The molecule has 0 spiro atoms. The molecule has 1 heterocycles. The van der Waals surface area contributed by atoms with Gasteiger partial charge in [0.2, 0.25) is 0 Å². The Morgan fingerprint density at radius 1 is 1.14 bits per heavy atom. The summed E-state index contributed by atoms with van der Waals surface area (Å²) in [5.74, 6) is -0.306. The first-order valence-corrected chi connectivity index (χ1v) is 8.54. The van der Waals surface area contributed by atoms with Gasteiger partial charge in [0.15, 0.2) is 0 Å². The molecule has 0 aromatic heterocycles. The van der Waals surface area contributed by atoms with Crippen LogP contribution in [-0.4, -0.2) is 36.8 Å². The molecule has 0 fully saturated rings. The highest BCUT2D eigenvalue weighted by atomic mass is 32.2. The predicted octanol–water partition coefficient (Wildman–Crippen LogP) is 2.10. The third kappa shape index (κ3) is 4.22. The molecule has 21 heavy (non-hydrogen) atoms. The molecule has 0 N–H and O–H groups in total. The van der Waals surface area contributed by atoms with E-state index in [9.17, 15) is 13.0 Å². The van der Waals surface area contributed by atoms with E-state index in [0.29, 0.717) is 19.6 Å². The van der Waals surface area contributed by atoms with Gasteiger partial charge in [0.1, 0.15) is 0 Å². The predicted molar refractivity (Wildman–Crippen MR) is 83.0 cm³/mol. The largest absolute Gasteiger partial charge is 0.748 e. The van der Waals surface area contributed by atoms with E-state index in [-0.39, 0.29) is 5.75 Å². The second-order valence-corrected chi connectivity index (χ2v) is 7.11. The first kappa shape index (κ1) is 15.9. The Kier molecular flexibility index (Phi) is 4.58. The number of benzene rings is 1. The maximum atomic E-state index is 10.6. The van der Waals surface area contributed by atoms with E-state index < -0.39 is 10.1 Å². The number of nitrogens with zero attached hydrogens (tertiary/aromatic N) is 2. The lowest BCUT2D eigenvalue weighted by Gasteiger charge is -2.25. The molecule has 116 valence electrons. The highest BCUT2D eigenvalue weighted by Gasteiger charge is 2.17. The van der Waals surface area contributed by atoms with Crippen LogP contribution in [0.5, 0.6) is 0 Å². The zero-order chi connectivity index (χ0) is 15.6. The Morgan fingerprint density at radius 2 is 1.76 bits per heavy atom. The fraction of sp³-hybridized carbons (Fsp3) is 0.467. The van der Waals surface area contributed by atoms with Gasteiger partial charge >= 0.3 is 0 Å². The number of anilines is 1. The second kappa shape index (κ2) is 6.07. The quantitative estimate of drug-likeness (QED) is 0.779. The molecule has 1 aromatic carbocycles. The first-order chi connectivity index (χ1) is 9.76. The van der Waals surface area contributed by atoms with Crippen molar-refractivity contribution in [1.82, 2.24) is 4.90 Å². The van der Waals surface area contributed by atoms with Crippen molar-refractivity contribution in [3.63, 3.8) is 0 Å². The van der Waals surface area contributed by atoms with Crippen molar-refractivity contribution in [3.05, 3.63) is 41.2 Å². The zero-order valence-electron chi connectivity index (χ0n) is 12.7. The Hall–Kier alpha value is -1.53. The fourth-order valence-corrected chi connectivity index (χ4v) is 3.31. The van der Waals surface area contributed by atoms with Gasteiger partial charge < -0.3 is 14.4 Å². The Bertz CT molecular complexity index is 630. The molecule has 1 aliphatic heterocycles. The average Bonchev–Trinajstić information content (AvgIpc) is 2.74. The van der Waals surface area contributed by atoms with Crippen LogP contribution < -0.4 is 4.90 Å². The molecule has 6 heteroatoms. The maximum absolute atomic E-state index is 10.6. The van der Waals surface area contributed by atoms with Crippen molar-refractivity contribution in [2.45, 2.75) is 27.2 Å². The molecule has 0 aliphatic carbocycles. The Morgan fingerprint density at radius 3 is 2.33 bits per heavy atom. The minimum absolute atomic E-state index is 0.306. The number of hydrogen-bond acceptors (Lipinski definition) is 5. The fourth-order valence-electron chi connectivity index (χ4n) is 2.83. The third-order valence-corrected chi connectivity index (χ3v) is 4.34. The summed E-state index contributed by atoms with van der Waals surface area (Å²) in [7, 11) is -4.11. The molecule has 1 aliphatic rings. The molecule has 0 bridgehead atoms. The molecule has 1 aromatic rings. The molecule has 5 nitrogen and oxygen atoms in total. The van der Waals surface area contributed by atoms with E-state index in [1.54, 1.807) is 0 Å². The van der Waals surface area contributed by atoms with Crippen molar-refractivity contribution < 1.29 is 13.0 Å². The summed E-state index contributed by atoms with van der Waals surface area (Å²) in [6.45, 7) is 7.52. The lowest BCUT2D eigenvalue weighted by Crippen LogP contribution is -2.27. The molecular formula is C15H21N2O3S-. The first-order valence-electron chi connectivity index (χ1n) is 6.97. The van der Waals surface area contributed by atoms with E-state index in [2.05, 4.69) is 37.8 Å². The minimum atomic E-state index is -4.11. The molecule has 0 saturated carbocycles. The van der Waals surface area contributed by atoms with Crippen LogP contribution >= 0.6 is 0 Å². The monoisotopic (exact) mass is 309 g/mol. The van der Waals surface area contributed by atoms with Crippen LogP contribution in [0.1, 0.15) is 23.1 Å². The van der Waals surface area contributed by atoms with E-state index in [1.165, 1.54) is 22.4 Å². The SMILES string of the molecule is Cc1cc(C)c(N2C=CN(CCCS(=O)(=O)[O-])C2)c(C)c1. The summed E-state index contributed by atoms with van der Waals surface area (Å²) < 4.78 is 31.8.